The Morgan fingerprint density at radius 2 is 2.09 bits per heavy atom. The van der Waals surface area contributed by atoms with E-state index in [9.17, 15) is 4.79 Å². The maximum atomic E-state index is 12.0. The van der Waals surface area contributed by atoms with Gasteiger partial charge in [0.15, 0.2) is 0 Å². The van der Waals surface area contributed by atoms with Crippen molar-refractivity contribution in [3.63, 3.8) is 0 Å². The highest BCUT2D eigenvalue weighted by atomic mass is 127. The Kier molecular flexibility index (Phi) is 6.20. The molecule has 0 bridgehead atoms. The van der Waals surface area contributed by atoms with Crippen LogP contribution in [-0.4, -0.2) is 35.4 Å². The van der Waals surface area contributed by atoms with Crippen molar-refractivity contribution in [2.75, 3.05) is 18.8 Å². The molecule has 1 heterocycles. The largest absolute Gasteiger partial charge is 0.444 e. The van der Waals surface area contributed by atoms with Gasteiger partial charge in [0.05, 0.1) is 0 Å². The minimum atomic E-state index is -0.430. The van der Waals surface area contributed by atoms with E-state index in [2.05, 4.69) is 52.9 Å². The molecule has 0 aromatic heterocycles. The number of hydrogen-bond acceptors (Lipinski definition) is 3. The molecule has 1 aromatic rings. The summed E-state index contributed by atoms with van der Waals surface area (Å²) in [7, 11) is 0. The maximum Gasteiger partial charge on any atom is 0.410 e. The van der Waals surface area contributed by atoms with Gasteiger partial charge in [0.2, 0.25) is 0 Å². The average Bonchev–Trinajstić information content (AvgIpc) is 2.45. The molecule has 1 aliphatic heterocycles. The Morgan fingerprint density at radius 1 is 1.36 bits per heavy atom. The van der Waals surface area contributed by atoms with Crippen molar-refractivity contribution in [1.82, 2.24) is 4.90 Å². The third kappa shape index (κ3) is 5.50. The molecule has 5 heteroatoms. The van der Waals surface area contributed by atoms with Crippen LogP contribution in [0.3, 0.4) is 0 Å². The van der Waals surface area contributed by atoms with E-state index in [1.54, 1.807) is 4.90 Å². The predicted molar refractivity (Wildman–Crippen MR) is 100 cm³/mol. The van der Waals surface area contributed by atoms with E-state index >= 15 is 0 Å². The SMILES string of the molecule is CC(C)(C)OC(=O)N1CC=C(CSc2ccccc2I)CC1. The summed E-state index contributed by atoms with van der Waals surface area (Å²) in [6.45, 7) is 7.08. The summed E-state index contributed by atoms with van der Waals surface area (Å²) in [6.07, 6.45) is 2.87. The molecule has 0 saturated carbocycles. The van der Waals surface area contributed by atoms with Crippen LogP contribution in [0.5, 0.6) is 0 Å². The fourth-order valence-corrected chi connectivity index (χ4v) is 3.91. The van der Waals surface area contributed by atoms with Gasteiger partial charge >= 0.3 is 6.09 Å². The van der Waals surface area contributed by atoms with Crippen LogP contribution < -0.4 is 0 Å². The van der Waals surface area contributed by atoms with Crippen LogP contribution in [0.2, 0.25) is 0 Å². The number of amides is 1. The van der Waals surface area contributed by atoms with Crippen molar-refractivity contribution in [3.05, 3.63) is 39.5 Å². The van der Waals surface area contributed by atoms with Crippen molar-refractivity contribution >= 4 is 40.4 Å². The molecule has 0 atom stereocenters. The zero-order valence-electron chi connectivity index (χ0n) is 13.3. The molecule has 1 aliphatic rings. The topological polar surface area (TPSA) is 29.5 Å². The molecule has 0 radical (unpaired) electrons. The molecule has 3 nitrogen and oxygen atoms in total. The maximum absolute atomic E-state index is 12.0. The Morgan fingerprint density at radius 3 is 2.68 bits per heavy atom. The summed E-state index contributed by atoms with van der Waals surface area (Å²) < 4.78 is 6.70. The normalized spacial score (nSPS) is 15.5. The summed E-state index contributed by atoms with van der Waals surface area (Å²) in [4.78, 5) is 15.1. The molecule has 1 amide bonds. The van der Waals surface area contributed by atoms with Gasteiger partial charge in [0.25, 0.3) is 0 Å². The second-order valence-electron chi connectivity index (χ2n) is 6.26. The first-order valence-corrected chi connectivity index (χ1v) is 9.45. The highest BCUT2D eigenvalue weighted by Crippen LogP contribution is 2.27. The molecule has 0 unspecified atom stereocenters. The van der Waals surface area contributed by atoms with Crippen LogP contribution in [-0.2, 0) is 4.74 Å². The Balaban J connectivity index is 1.84. The summed E-state index contributed by atoms with van der Waals surface area (Å²) in [6, 6.07) is 8.42. The number of rotatable bonds is 3. The van der Waals surface area contributed by atoms with Crippen LogP contribution in [0.1, 0.15) is 27.2 Å². The van der Waals surface area contributed by atoms with Gasteiger partial charge in [-0.25, -0.2) is 4.79 Å². The number of carbonyl (C=O) groups excluding carboxylic acids is 1. The minimum absolute atomic E-state index is 0.215. The van der Waals surface area contributed by atoms with Crippen LogP contribution in [0.15, 0.2) is 40.8 Å². The average molecular weight is 431 g/mol. The lowest BCUT2D eigenvalue weighted by Crippen LogP contribution is -2.39. The van der Waals surface area contributed by atoms with Crippen LogP contribution in [0, 0.1) is 3.57 Å². The standard InChI is InChI=1S/C17H22INO2S/c1-17(2,3)21-16(20)19-10-8-13(9-11-19)12-22-15-7-5-4-6-14(15)18/h4-8H,9-12H2,1-3H3. The highest BCUT2D eigenvalue weighted by molar-refractivity contribution is 14.1. The van der Waals surface area contributed by atoms with E-state index < -0.39 is 5.60 Å². The first kappa shape index (κ1) is 17.7. The van der Waals surface area contributed by atoms with E-state index in [1.807, 2.05) is 32.5 Å². The summed E-state index contributed by atoms with van der Waals surface area (Å²) in [5, 5.41) is 0. The highest BCUT2D eigenvalue weighted by Gasteiger charge is 2.23. The number of ether oxygens (including phenoxy) is 1. The second kappa shape index (κ2) is 7.73. The van der Waals surface area contributed by atoms with Crippen LogP contribution >= 0.6 is 34.4 Å². The zero-order valence-corrected chi connectivity index (χ0v) is 16.2. The summed E-state index contributed by atoms with van der Waals surface area (Å²) in [5.41, 5.74) is 0.977. The molecule has 1 aromatic carbocycles. The van der Waals surface area contributed by atoms with Gasteiger partial charge in [-0.15, -0.1) is 11.8 Å². The molecular formula is C17H22INO2S. The van der Waals surface area contributed by atoms with Crippen LogP contribution in [0.25, 0.3) is 0 Å². The fourth-order valence-electron chi connectivity index (χ4n) is 2.07. The number of carbonyl (C=O) groups is 1. The molecular weight excluding hydrogens is 409 g/mol. The number of nitrogens with zero attached hydrogens (tertiary/aromatic N) is 1. The van der Waals surface area contributed by atoms with Gasteiger partial charge in [-0.2, -0.15) is 0 Å². The number of benzene rings is 1. The van der Waals surface area contributed by atoms with Crippen molar-refractivity contribution in [2.24, 2.45) is 0 Å². The molecule has 0 saturated heterocycles. The molecule has 120 valence electrons. The van der Waals surface area contributed by atoms with Gasteiger partial charge in [-0.1, -0.05) is 23.8 Å². The number of thioether (sulfide) groups is 1. The van der Waals surface area contributed by atoms with Gasteiger partial charge in [-0.05, 0) is 61.9 Å². The molecule has 0 N–H and O–H groups in total. The van der Waals surface area contributed by atoms with Crippen LogP contribution in [0.4, 0.5) is 4.79 Å². The fraction of sp³-hybridized carbons (Fsp3) is 0.471. The third-order valence-corrected chi connectivity index (χ3v) is 5.69. The van der Waals surface area contributed by atoms with E-state index in [1.165, 1.54) is 14.0 Å². The Bertz CT molecular complexity index is 566. The smallest absolute Gasteiger partial charge is 0.410 e. The van der Waals surface area contributed by atoms with Crippen molar-refractivity contribution in [3.8, 4) is 0 Å². The molecule has 2 rings (SSSR count). The van der Waals surface area contributed by atoms with Gasteiger partial charge in [0.1, 0.15) is 5.60 Å². The van der Waals surface area contributed by atoms with Gasteiger partial charge in [0, 0.05) is 27.3 Å². The number of halogens is 1. The zero-order chi connectivity index (χ0) is 16.2. The first-order chi connectivity index (χ1) is 10.3. The van der Waals surface area contributed by atoms with E-state index in [0.29, 0.717) is 6.54 Å². The van der Waals surface area contributed by atoms with Crippen molar-refractivity contribution < 1.29 is 9.53 Å². The summed E-state index contributed by atoms with van der Waals surface area (Å²) in [5.74, 6) is 0.988. The monoisotopic (exact) mass is 431 g/mol. The lowest BCUT2D eigenvalue weighted by Gasteiger charge is -2.29. The Labute approximate surface area is 150 Å². The van der Waals surface area contributed by atoms with Gasteiger partial charge in [-0.3, -0.25) is 0 Å². The lowest BCUT2D eigenvalue weighted by molar-refractivity contribution is 0.0266. The second-order valence-corrected chi connectivity index (χ2v) is 8.44. The number of hydrogen-bond donors (Lipinski definition) is 0. The quantitative estimate of drug-likeness (QED) is 0.385. The molecule has 0 fully saturated rings. The third-order valence-electron chi connectivity index (χ3n) is 3.20. The molecule has 0 aliphatic carbocycles. The summed E-state index contributed by atoms with van der Waals surface area (Å²) >= 11 is 4.23. The minimum Gasteiger partial charge on any atom is -0.444 e. The van der Waals surface area contributed by atoms with E-state index in [4.69, 9.17) is 4.74 Å². The lowest BCUT2D eigenvalue weighted by atomic mass is 10.1. The first-order valence-electron chi connectivity index (χ1n) is 7.38. The molecule has 22 heavy (non-hydrogen) atoms. The Hall–Kier alpha value is -0.690. The van der Waals surface area contributed by atoms with E-state index in [-0.39, 0.29) is 6.09 Å². The van der Waals surface area contributed by atoms with Crippen molar-refractivity contribution in [2.45, 2.75) is 37.7 Å². The predicted octanol–water partition coefficient (Wildman–Crippen LogP) is 4.95. The van der Waals surface area contributed by atoms with Gasteiger partial charge < -0.3 is 9.64 Å². The molecule has 0 spiro atoms. The van der Waals surface area contributed by atoms with Crippen molar-refractivity contribution in [1.29, 1.82) is 0 Å². The van der Waals surface area contributed by atoms with E-state index in [0.717, 1.165) is 18.7 Å².